The van der Waals surface area contributed by atoms with Crippen molar-refractivity contribution in [2.45, 2.75) is 6.04 Å². The van der Waals surface area contributed by atoms with E-state index in [2.05, 4.69) is 0 Å². The molecule has 1 aliphatic heterocycles. The van der Waals surface area contributed by atoms with Crippen LogP contribution >= 0.6 is 11.6 Å². The maximum atomic E-state index is 12.9. The van der Waals surface area contributed by atoms with Crippen LogP contribution in [0.15, 0.2) is 90.5 Å². The van der Waals surface area contributed by atoms with E-state index in [9.17, 15) is 14.7 Å². The van der Waals surface area contributed by atoms with Crippen LogP contribution in [-0.2, 0) is 9.59 Å². The Balaban J connectivity index is 1.95. The third-order valence-corrected chi connectivity index (χ3v) is 4.93. The summed E-state index contributed by atoms with van der Waals surface area (Å²) in [6.07, 6.45) is 0. The molecule has 4 nitrogen and oxygen atoms in total. The second-order valence-corrected chi connectivity index (χ2v) is 6.86. The van der Waals surface area contributed by atoms with Crippen LogP contribution in [0.1, 0.15) is 17.2 Å². The molecule has 28 heavy (non-hydrogen) atoms. The fourth-order valence-corrected chi connectivity index (χ4v) is 3.61. The minimum atomic E-state index is -0.750. The number of hydrogen-bond acceptors (Lipinski definition) is 3. The van der Waals surface area contributed by atoms with E-state index in [1.165, 1.54) is 4.90 Å². The number of carbonyl (C=O) groups is 2. The van der Waals surface area contributed by atoms with Crippen molar-refractivity contribution in [3.05, 3.63) is 107 Å². The summed E-state index contributed by atoms with van der Waals surface area (Å²) in [5.41, 5.74) is 1.75. The number of aliphatic hydroxyl groups is 1. The van der Waals surface area contributed by atoms with E-state index < -0.39 is 17.7 Å². The zero-order valence-corrected chi connectivity index (χ0v) is 15.5. The van der Waals surface area contributed by atoms with E-state index in [1.807, 2.05) is 36.4 Å². The molecule has 1 heterocycles. The van der Waals surface area contributed by atoms with Crippen molar-refractivity contribution in [3.8, 4) is 0 Å². The fourth-order valence-electron chi connectivity index (χ4n) is 3.43. The molecule has 0 bridgehead atoms. The van der Waals surface area contributed by atoms with Gasteiger partial charge in [-0.1, -0.05) is 78.3 Å². The summed E-state index contributed by atoms with van der Waals surface area (Å²) < 4.78 is 0. The van der Waals surface area contributed by atoms with Gasteiger partial charge < -0.3 is 5.11 Å². The molecular formula is C23H16ClNO3. The number of nitrogens with zero attached hydrogens (tertiary/aromatic N) is 1. The van der Waals surface area contributed by atoms with Gasteiger partial charge in [0.05, 0.1) is 11.6 Å². The highest BCUT2D eigenvalue weighted by Gasteiger charge is 2.46. The van der Waals surface area contributed by atoms with Gasteiger partial charge in [-0.25, -0.2) is 0 Å². The number of amides is 1. The smallest absolute Gasteiger partial charge is 0.300 e. The molecule has 1 fully saturated rings. The molecule has 1 atom stereocenters. The summed E-state index contributed by atoms with van der Waals surface area (Å²) in [5.74, 6) is -1.62. The lowest BCUT2D eigenvalue weighted by Gasteiger charge is -2.25. The number of carbonyl (C=O) groups excluding carboxylic acids is 2. The van der Waals surface area contributed by atoms with Gasteiger partial charge in [0.1, 0.15) is 5.76 Å². The number of aliphatic hydroxyl groups excluding tert-OH is 1. The van der Waals surface area contributed by atoms with Crippen molar-refractivity contribution in [2.24, 2.45) is 0 Å². The topological polar surface area (TPSA) is 57.6 Å². The lowest BCUT2D eigenvalue weighted by atomic mass is 9.95. The van der Waals surface area contributed by atoms with E-state index in [4.69, 9.17) is 11.6 Å². The van der Waals surface area contributed by atoms with Crippen LogP contribution in [-0.4, -0.2) is 16.8 Å². The number of halogens is 1. The molecule has 1 amide bonds. The predicted molar refractivity (Wildman–Crippen MR) is 109 cm³/mol. The number of anilines is 1. The van der Waals surface area contributed by atoms with Crippen LogP contribution in [0.4, 0.5) is 5.69 Å². The maximum Gasteiger partial charge on any atom is 0.300 e. The van der Waals surface area contributed by atoms with E-state index >= 15 is 0 Å². The standard InChI is InChI=1S/C23H16ClNO3/c24-17-12-7-13-18(14-17)25-20(15-8-3-1-4-9-15)19(22(27)23(25)28)21(26)16-10-5-2-6-11-16/h1-14,20,26H/t20-/m1/s1. The molecule has 0 aromatic heterocycles. The predicted octanol–water partition coefficient (Wildman–Crippen LogP) is 4.97. The molecule has 0 aliphatic carbocycles. The van der Waals surface area contributed by atoms with E-state index in [0.717, 1.165) is 5.56 Å². The highest BCUT2D eigenvalue weighted by atomic mass is 35.5. The first-order valence-corrected chi connectivity index (χ1v) is 9.12. The van der Waals surface area contributed by atoms with Crippen LogP contribution in [0.25, 0.3) is 5.76 Å². The Morgan fingerprint density at radius 2 is 1.50 bits per heavy atom. The van der Waals surface area contributed by atoms with Crippen LogP contribution in [0, 0.1) is 0 Å². The fraction of sp³-hybridized carbons (Fsp3) is 0.0435. The Hall–Kier alpha value is -3.37. The highest BCUT2D eigenvalue weighted by molar-refractivity contribution is 6.51. The largest absolute Gasteiger partial charge is 0.507 e. The number of Topliss-reactive ketones (excluding diaryl/α,β-unsaturated/α-hetero) is 1. The van der Waals surface area contributed by atoms with Crippen molar-refractivity contribution in [1.82, 2.24) is 0 Å². The van der Waals surface area contributed by atoms with Gasteiger partial charge in [-0.2, -0.15) is 0 Å². The molecule has 138 valence electrons. The number of benzene rings is 3. The Bertz CT molecular complexity index is 1080. The zero-order valence-electron chi connectivity index (χ0n) is 14.7. The molecule has 1 N–H and O–H groups in total. The SMILES string of the molecule is O=C1C(=O)N(c2cccc(Cl)c2)[C@H](c2ccccc2)C1=C(O)c1ccccc1. The summed E-state index contributed by atoms with van der Waals surface area (Å²) >= 11 is 6.11. The van der Waals surface area contributed by atoms with Crippen LogP contribution in [0.2, 0.25) is 5.02 Å². The molecule has 1 saturated heterocycles. The van der Waals surface area contributed by atoms with E-state index in [-0.39, 0.29) is 11.3 Å². The number of ketones is 1. The first kappa shape index (κ1) is 18.0. The van der Waals surface area contributed by atoms with Crippen molar-refractivity contribution in [3.63, 3.8) is 0 Å². The Morgan fingerprint density at radius 1 is 0.857 bits per heavy atom. The molecule has 0 radical (unpaired) electrons. The molecule has 0 saturated carbocycles. The highest BCUT2D eigenvalue weighted by Crippen LogP contribution is 2.42. The summed E-state index contributed by atoms with van der Waals surface area (Å²) in [6, 6.07) is 23.9. The van der Waals surface area contributed by atoms with Gasteiger partial charge in [-0.15, -0.1) is 0 Å². The molecule has 0 spiro atoms. The minimum absolute atomic E-state index is 0.0578. The first-order chi connectivity index (χ1) is 13.6. The quantitative estimate of drug-likeness (QED) is 0.391. The van der Waals surface area contributed by atoms with Gasteiger partial charge in [0.2, 0.25) is 0 Å². The normalized spacial score (nSPS) is 18.5. The molecule has 4 rings (SSSR count). The molecule has 1 aliphatic rings. The average Bonchev–Trinajstić information content (AvgIpc) is 3.00. The first-order valence-electron chi connectivity index (χ1n) is 8.75. The molecule has 0 unspecified atom stereocenters. The minimum Gasteiger partial charge on any atom is -0.507 e. The maximum absolute atomic E-state index is 12.9. The summed E-state index contributed by atoms with van der Waals surface area (Å²) in [5, 5.41) is 11.4. The molecule has 3 aromatic rings. The van der Waals surface area contributed by atoms with Gasteiger partial charge in [-0.3, -0.25) is 14.5 Å². The Labute approximate surface area is 167 Å². The van der Waals surface area contributed by atoms with Crippen LogP contribution < -0.4 is 4.90 Å². The van der Waals surface area contributed by atoms with Crippen molar-refractivity contribution in [2.75, 3.05) is 4.90 Å². The molecule has 5 heteroatoms. The summed E-state index contributed by atoms with van der Waals surface area (Å²) in [4.78, 5) is 27.3. The molecule has 3 aromatic carbocycles. The van der Waals surface area contributed by atoms with E-state index in [0.29, 0.717) is 16.3 Å². The summed E-state index contributed by atoms with van der Waals surface area (Å²) in [6.45, 7) is 0. The van der Waals surface area contributed by atoms with Gasteiger partial charge >= 0.3 is 0 Å². The second kappa shape index (κ2) is 7.33. The molecular weight excluding hydrogens is 374 g/mol. The zero-order chi connectivity index (χ0) is 19.7. The Morgan fingerprint density at radius 3 is 2.14 bits per heavy atom. The van der Waals surface area contributed by atoms with Gasteiger partial charge in [0, 0.05) is 16.3 Å². The van der Waals surface area contributed by atoms with Crippen LogP contribution in [0.3, 0.4) is 0 Å². The number of rotatable bonds is 3. The monoisotopic (exact) mass is 389 g/mol. The van der Waals surface area contributed by atoms with Crippen LogP contribution in [0.5, 0.6) is 0 Å². The van der Waals surface area contributed by atoms with Gasteiger partial charge in [-0.05, 0) is 23.8 Å². The Kier molecular flexibility index (Phi) is 4.72. The third-order valence-electron chi connectivity index (χ3n) is 4.69. The lowest BCUT2D eigenvalue weighted by Crippen LogP contribution is -2.29. The second-order valence-electron chi connectivity index (χ2n) is 6.43. The number of hydrogen-bond donors (Lipinski definition) is 1. The average molecular weight is 390 g/mol. The van der Waals surface area contributed by atoms with Gasteiger partial charge in [0.25, 0.3) is 11.7 Å². The van der Waals surface area contributed by atoms with E-state index in [1.54, 1.807) is 48.5 Å². The van der Waals surface area contributed by atoms with Gasteiger partial charge in [0.15, 0.2) is 0 Å². The van der Waals surface area contributed by atoms with Crippen molar-refractivity contribution >= 4 is 34.7 Å². The third kappa shape index (κ3) is 3.08. The van der Waals surface area contributed by atoms with Crippen molar-refractivity contribution < 1.29 is 14.7 Å². The lowest BCUT2D eigenvalue weighted by molar-refractivity contribution is -0.132. The van der Waals surface area contributed by atoms with Crippen molar-refractivity contribution in [1.29, 1.82) is 0 Å². The summed E-state index contributed by atoms with van der Waals surface area (Å²) in [7, 11) is 0.